The van der Waals surface area contributed by atoms with Crippen molar-refractivity contribution in [3.8, 4) is 5.75 Å². The molecule has 1 aromatic carbocycles. The van der Waals surface area contributed by atoms with E-state index in [-0.39, 0.29) is 25.7 Å². The van der Waals surface area contributed by atoms with Gasteiger partial charge in [0.2, 0.25) is 0 Å². The summed E-state index contributed by atoms with van der Waals surface area (Å²) < 4.78 is 15.8. The Labute approximate surface area is 135 Å². The maximum atomic E-state index is 12.0. The second kappa shape index (κ2) is 6.35. The van der Waals surface area contributed by atoms with Crippen LogP contribution >= 0.6 is 11.3 Å². The van der Waals surface area contributed by atoms with E-state index in [0.717, 1.165) is 4.88 Å². The van der Waals surface area contributed by atoms with Crippen molar-refractivity contribution >= 4 is 23.0 Å². The van der Waals surface area contributed by atoms with E-state index < -0.39 is 10.9 Å². The number of benzene rings is 1. The fourth-order valence-electron chi connectivity index (χ4n) is 2.25. The number of nitro benzene ring substituents is 1. The van der Waals surface area contributed by atoms with Crippen molar-refractivity contribution in [1.82, 2.24) is 0 Å². The van der Waals surface area contributed by atoms with Crippen LogP contribution in [0.4, 0.5) is 5.69 Å². The van der Waals surface area contributed by atoms with E-state index >= 15 is 0 Å². The minimum atomic E-state index is -0.497. The molecule has 2 aromatic rings. The highest BCUT2D eigenvalue weighted by molar-refractivity contribution is 7.13. The zero-order valence-corrected chi connectivity index (χ0v) is 13.1. The number of hydrogen-bond donors (Lipinski definition) is 0. The molecule has 23 heavy (non-hydrogen) atoms. The first kappa shape index (κ1) is 15.4. The molecule has 2 heterocycles. The molecule has 120 valence electrons. The first-order valence-electron chi connectivity index (χ1n) is 6.79. The van der Waals surface area contributed by atoms with E-state index in [4.69, 9.17) is 14.2 Å². The van der Waals surface area contributed by atoms with Crippen LogP contribution in [0.1, 0.15) is 25.7 Å². The summed E-state index contributed by atoms with van der Waals surface area (Å²) >= 11 is 1.33. The number of aryl methyl sites for hydroxylation is 1. The van der Waals surface area contributed by atoms with Crippen LogP contribution < -0.4 is 4.74 Å². The van der Waals surface area contributed by atoms with Crippen molar-refractivity contribution in [2.24, 2.45) is 0 Å². The van der Waals surface area contributed by atoms with Gasteiger partial charge in [-0.1, -0.05) is 0 Å². The minimum Gasteiger partial charge on any atom is -0.467 e. The number of esters is 1. The van der Waals surface area contributed by atoms with Gasteiger partial charge in [-0.05, 0) is 19.1 Å². The monoisotopic (exact) mass is 335 g/mol. The van der Waals surface area contributed by atoms with Crippen LogP contribution in [0, 0.1) is 17.0 Å². The van der Waals surface area contributed by atoms with E-state index in [1.807, 2.05) is 13.0 Å². The van der Waals surface area contributed by atoms with Crippen molar-refractivity contribution in [2.75, 3.05) is 6.79 Å². The predicted molar refractivity (Wildman–Crippen MR) is 81.6 cm³/mol. The average molecular weight is 335 g/mol. The third kappa shape index (κ3) is 3.33. The number of nitro groups is 1. The van der Waals surface area contributed by atoms with E-state index in [2.05, 4.69) is 0 Å². The summed E-state index contributed by atoms with van der Waals surface area (Å²) in [5.74, 6) is 0.0208. The molecule has 1 aliphatic heterocycles. The third-order valence-corrected chi connectivity index (χ3v) is 4.26. The summed E-state index contributed by atoms with van der Waals surface area (Å²) in [4.78, 5) is 24.0. The molecule has 0 saturated heterocycles. The number of nitrogens with zero attached hydrogens (tertiary/aromatic N) is 1. The van der Waals surface area contributed by atoms with Gasteiger partial charge in [0.1, 0.15) is 17.2 Å². The first-order valence-corrected chi connectivity index (χ1v) is 7.60. The van der Waals surface area contributed by atoms with Crippen LogP contribution in [0.5, 0.6) is 5.75 Å². The SMILES string of the molecule is Cc1ccc(C(=O)OCc2cc([N+](=O)[O-])cc3c2OCOC3)s1. The normalized spacial score (nSPS) is 13.1. The summed E-state index contributed by atoms with van der Waals surface area (Å²) in [7, 11) is 0. The topological polar surface area (TPSA) is 87.9 Å². The summed E-state index contributed by atoms with van der Waals surface area (Å²) in [5, 5.41) is 11.0. The summed E-state index contributed by atoms with van der Waals surface area (Å²) in [6.45, 7) is 2.09. The molecule has 8 heteroatoms. The number of carbonyl (C=O) groups excluding carboxylic acids is 1. The Morgan fingerprint density at radius 2 is 2.26 bits per heavy atom. The second-order valence-electron chi connectivity index (χ2n) is 4.95. The smallest absolute Gasteiger partial charge is 0.348 e. The summed E-state index contributed by atoms with van der Waals surface area (Å²) in [5.41, 5.74) is 0.943. The van der Waals surface area contributed by atoms with Gasteiger partial charge in [-0.2, -0.15) is 0 Å². The lowest BCUT2D eigenvalue weighted by Gasteiger charge is -2.20. The van der Waals surface area contributed by atoms with Gasteiger partial charge in [-0.25, -0.2) is 4.79 Å². The van der Waals surface area contributed by atoms with Gasteiger partial charge in [0.15, 0.2) is 6.79 Å². The maximum Gasteiger partial charge on any atom is 0.348 e. The van der Waals surface area contributed by atoms with Crippen LogP contribution in [0.25, 0.3) is 0 Å². The Morgan fingerprint density at radius 3 is 2.96 bits per heavy atom. The number of ether oxygens (including phenoxy) is 3. The molecule has 0 spiro atoms. The van der Waals surface area contributed by atoms with Gasteiger partial charge in [0.25, 0.3) is 5.69 Å². The number of thiophene rings is 1. The number of hydrogen-bond acceptors (Lipinski definition) is 7. The molecule has 0 N–H and O–H groups in total. The van der Waals surface area contributed by atoms with E-state index in [1.165, 1.54) is 23.5 Å². The minimum absolute atomic E-state index is 0.0654. The maximum absolute atomic E-state index is 12.0. The molecule has 7 nitrogen and oxygen atoms in total. The van der Waals surface area contributed by atoms with Crippen LogP contribution in [0.3, 0.4) is 0 Å². The van der Waals surface area contributed by atoms with Gasteiger partial charge in [-0.3, -0.25) is 10.1 Å². The predicted octanol–water partition coefficient (Wildman–Crippen LogP) is 3.19. The molecular weight excluding hydrogens is 322 g/mol. The van der Waals surface area contributed by atoms with E-state index in [0.29, 0.717) is 21.8 Å². The Morgan fingerprint density at radius 1 is 1.43 bits per heavy atom. The average Bonchev–Trinajstić information content (AvgIpc) is 2.98. The lowest BCUT2D eigenvalue weighted by Crippen LogP contribution is -2.14. The highest BCUT2D eigenvalue weighted by Crippen LogP contribution is 2.33. The van der Waals surface area contributed by atoms with Gasteiger partial charge in [0.05, 0.1) is 11.5 Å². The number of fused-ring (bicyclic) bond motifs is 1. The molecule has 0 amide bonds. The lowest BCUT2D eigenvalue weighted by molar-refractivity contribution is -0.385. The Bertz CT molecular complexity index is 769. The van der Waals surface area contributed by atoms with Gasteiger partial charge >= 0.3 is 5.97 Å². The quantitative estimate of drug-likeness (QED) is 0.484. The van der Waals surface area contributed by atoms with Gasteiger partial charge < -0.3 is 14.2 Å². The van der Waals surface area contributed by atoms with Gasteiger partial charge in [-0.15, -0.1) is 11.3 Å². The summed E-state index contributed by atoms with van der Waals surface area (Å²) in [6, 6.07) is 6.28. The molecule has 0 aliphatic carbocycles. The molecule has 3 rings (SSSR count). The van der Waals surface area contributed by atoms with Crippen LogP contribution in [0.2, 0.25) is 0 Å². The van der Waals surface area contributed by atoms with Crippen molar-refractivity contribution in [1.29, 1.82) is 0 Å². The van der Waals surface area contributed by atoms with E-state index in [1.54, 1.807) is 6.07 Å². The molecule has 0 fully saturated rings. The lowest BCUT2D eigenvalue weighted by atomic mass is 10.1. The van der Waals surface area contributed by atoms with Crippen LogP contribution in [0.15, 0.2) is 24.3 Å². The van der Waals surface area contributed by atoms with Crippen LogP contribution in [-0.2, 0) is 22.7 Å². The van der Waals surface area contributed by atoms with Gasteiger partial charge in [0, 0.05) is 28.1 Å². The molecule has 1 aliphatic rings. The van der Waals surface area contributed by atoms with Crippen molar-refractivity contribution in [3.05, 3.63) is 55.3 Å². The molecule has 0 radical (unpaired) electrons. The third-order valence-electron chi connectivity index (χ3n) is 3.28. The fraction of sp³-hybridized carbons (Fsp3) is 0.267. The Hall–Kier alpha value is -2.45. The molecule has 0 unspecified atom stereocenters. The molecule has 1 aromatic heterocycles. The standard InChI is InChI=1S/C15H13NO6S/c1-9-2-3-13(23-9)15(17)21-7-11-5-12(16(18)19)4-10-6-20-8-22-14(10)11/h2-5H,6-8H2,1H3. The van der Waals surface area contributed by atoms with Crippen molar-refractivity contribution in [3.63, 3.8) is 0 Å². The zero-order valence-electron chi connectivity index (χ0n) is 12.2. The molecule has 0 saturated carbocycles. The molecular formula is C15H13NO6S. The van der Waals surface area contributed by atoms with Crippen LogP contribution in [-0.4, -0.2) is 17.7 Å². The molecule has 0 bridgehead atoms. The van der Waals surface area contributed by atoms with Crippen molar-refractivity contribution in [2.45, 2.75) is 20.1 Å². The molecule has 0 atom stereocenters. The number of non-ortho nitro benzene ring substituents is 1. The first-order chi connectivity index (χ1) is 11.0. The Balaban J connectivity index is 1.82. The van der Waals surface area contributed by atoms with E-state index in [9.17, 15) is 14.9 Å². The van der Waals surface area contributed by atoms with Crippen molar-refractivity contribution < 1.29 is 23.9 Å². The second-order valence-corrected chi connectivity index (χ2v) is 6.24. The Kier molecular flexibility index (Phi) is 4.26. The number of rotatable bonds is 4. The zero-order chi connectivity index (χ0) is 16.4. The highest BCUT2D eigenvalue weighted by Gasteiger charge is 2.22. The summed E-state index contributed by atoms with van der Waals surface area (Å²) in [6.07, 6.45) is 0. The fourth-order valence-corrected chi connectivity index (χ4v) is 3.01. The highest BCUT2D eigenvalue weighted by atomic mass is 32.1. The largest absolute Gasteiger partial charge is 0.467 e. The number of carbonyl (C=O) groups is 1.